The Kier molecular flexibility index (Phi) is 8.56. The third-order valence-corrected chi connectivity index (χ3v) is 6.40. The molecule has 9 heteroatoms. The number of halogens is 6. The van der Waals surface area contributed by atoms with E-state index < -0.39 is 23.4 Å². The third-order valence-electron chi connectivity index (χ3n) is 6.11. The van der Waals surface area contributed by atoms with E-state index in [1.165, 1.54) is 39.1 Å². The van der Waals surface area contributed by atoms with Crippen molar-refractivity contribution in [1.29, 1.82) is 0 Å². The topological polar surface area (TPSA) is 41.8 Å². The summed E-state index contributed by atoms with van der Waals surface area (Å²) in [6.07, 6.45) is -3.57. The van der Waals surface area contributed by atoms with Crippen LogP contribution in [0.5, 0.6) is 11.5 Å². The Labute approximate surface area is 223 Å². The van der Waals surface area contributed by atoms with Crippen molar-refractivity contribution < 1.29 is 31.8 Å². The maximum absolute atomic E-state index is 13.9. The average Bonchev–Trinajstić information content (AvgIpc) is 2.82. The van der Waals surface area contributed by atoms with Crippen LogP contribution in [0.15, 0.2) is 65.2 Å². The summed E-state index contributed by atoms with van der Waals surface area (Å²) in [6, 6.07) is 12.4. The fourth-order valence-electron chi connectivity index (χ4n) is 3.76. The van der Waals surface area contributed by atoms with Gasteiger partial charge in [-0.1, -0.05) is 53.6 Å². The van der Waals surface area contributed by atoms with Crippen LogP contribution in [-0.2, 0) is 12.8 Å². The predicted molar refractivity (Wildman–Crippen MR) is 141 cm³/mol. The van der Waals surface area contributed by atoms with Crippen LogP contribution in [0.3, 0.4) is 0 Å². The van der Waals surface area contributed by atoms with Gasteiger partial charge in [0.05, 0.1) is 27.4 Å². The molecular weight excluding hydrogens is 525 g/mol. The summed E-state index contributed by atoms with van der Waals surface area (Å²) in [5.74, 6) is -3.69. The lowest BCUT2D eigenvalue weighted by molar-refractivity contribution is -0.138. The smallest absolute Gasteiger partial charge is 0.416 e. The van der Waals surface area contributed by atoms with Crippen LogP contribution < -0.4 is 4.74 Å². The van der Waals surface area contributed by atoms with Crippen molar-refractivity contribution in [2.24, 2.45) is 4.99 Å². The largest absolute Gasteiger partial charge is 0.506 e. The number of aromatic hydroxyl groups is 1. The average molecular weight is 552 g/mol. The van der Waals surface area contributed by atoms with Crippen molar-refractivity contribution in [3.05, 3.63) is 93.0 Å². The van der Waals surface area contributed by atoms with E-state index in [2.05, 4.69) is 4.99 Å². The Balaban J connectivity index is 2.25. The van der Waals surface area contributed by atoms with Crippen molar-refractivity contribution in [3.8, 4) is 22.6 Å². The lowest BCUT2D eigenvalue weighted by Gasteiger charge is -2.20. The predicted octanol–water partition coefficient (Wildman–Crippen LogP) is 8.95. The van der Waals surface area contributed by atoms with Gasteiger partial charge in [0.25, 0.3) is 5.92 Å². The summed E-state index contributed by atoms with van der Waals surface area (Å²) in [5.41, 5.74) is 0.339. The van der Waals surface area contributed by atoms with Crippen molar-refractivity contribution in [1.82, 2.24) is 0 Å². The molecule has 0 aliphatic heterocycles. The first-order valence-corrected chi connectivity index (χ1v) is 12.0. The summed E-state index contributed by atoms with van der Waals surface area (Å²) in [7, 11) is 1.33. The summed E-state index contributed by atoms with van der Waals surface area (Å²) >= 11 is 6.48. The minimum Gasteiger partial charge on any atom is -0.506 e. The zero-order valence-electron chi connectivity index (χ0n) is 21.5. The summed E-state index contributed by atoms with van der Waals surface area (Å²) in [5, 5.41) is 11.3. The summed E-state index contributed by atoms with van der Waals surface area (Å²) in [6.45, 7) is 5.20. The zero-order valence-corrected chi connectivity index (χ0v) is 22.2. The van der Waals surface area contributed by atoms with Gasteiger partial charge in [0.1, 0.15) is 18.1 Å². The molecule has 38 heavy (non-hydrogen) atoms. The highest BCUT2D eigenvalue weighted by Gasteiger charge is 2.33. The van der Waals surface area contributed by atoms with Gasteiger partial charge in [0, 0.05) is 20.0 Å². The molecule has 202 valence electrons. The lowest BCUT2D eigenvalue weighted by atomic mass is 9.94. The van der Waals surface area contributed by atoms with Gasteiger partial charge >= 0.3 is 6.18 Å². The van der Waals surface area contributed by atoms with E-state index in [0.717, 1.165) is 23.3 Å². The van der Waals surface area contributed by atoms with Crippen LogP contribution in [0, 0.1) is 13.8 Å². The number of nitrogens with zero attached hydrogens (tertiary/aromatic N) is 1. The van der Waals surface area contributed by atoms with Crippen LogP contribution >= 0.6 is 11.6 Å². The van der Waals surface area contributed by atoms with Gasteiger partial charge in [-0.05, 0) is 55.2 Å². The van der Waals surface area contributed by atoms with Gasteiger partial charge in [-0.2, -0.15) is 13.2 Å². The van der Waals surface area contributed by atoms with Crippen LogP contribution in [0.25, 0.3) is 11.1 Å². The number of aryl methyl sites for hydroxylation is 2. The lowest BCUT2D eigenvalue weighted by Crippen LogP contribution is -2.13. The zero-order chi connectivity index (χ0) is 28.4. The van der Waals surface area contributed by atoms with E-state index >= 15 is 0 Å². The molecule has 3 aromatic rings. The number of hydrogen-bond acceptors (Lipinski definition) is 3. The minimum absolute atomic E-state index is 0.00315. The molecule has 0 atom stereocenters. The number of hydrogen-bond donors (Lipinski definition) is 1. The summed E-state index contributed by atoms with van der Waals surface area (Å²) < 4.78 is 74.8. The van der Waals surface area contributed by atoms with E-state index in [1.807, 2.05) is 31.2 Å². The van der Waals surface area contributed by atoms with Crippen LogP contribution in [-0.4, -0.2) is 23.8 Å². The quantitative estimate of drug-likeness (QED) is 0.235. The Bertz CT molecular complexity index is 1390. The molecule has 0 aromatic heterocycles. The fraction of sp³-hybridized carbons (Fsp3) is 0.276. The SMILES string of the molecule is C/N=C(\C=C(/C)C(C)(F)F)c1c(Cl)cc(OCc2ccc(C)cc2)c(-c2ccc(C)c(C(F)(F)F)c2)c1O. The number of phenolic OH excluding ortho intramolecular Hbond substituents is 1. The number of phenols is 1. The van der Waals surface area contributed by atoms with Crippen molar-refractivity contribution >= 4 is 17.3 Å². The fourth-order valence-corrected chi connectivity index (χ4v) is 4.04. The van der Waals surface area contributed by atoms with Gasteiger partial charge in [0.2, 0.25) is 0 Å². The molecule has 0 radical (unpaired) electrons. The van der Waals surface area contributed by atoms with E-state index in [1.54, 1.807) is 0 Å². The van der Waals surface area contributed by atoms with Crippen molar-refractivity contribution in [3.63, 3.8) is 0 Å². The Hall–Kier alpha value is -3.39. The number of allylic oxidation sites excluding steroid dienone is 2. The first-order chi connectivity index (χ1) is 17.6. The van der Waals surface area contributed by atoms with Crippen molar-refractivity contribution in [2.45, 2.75) is 46.4 Å². The highest BCUT2D eigenvalue weighted by Crippen LogP contribution is 2.46. The first kappa shape index (κ1) is 29.2. The second-order valence-corrected chi connectivity index (χ2v) is 9.49. The first-order valence-electron chi connectivity index (χ1n) is 11.6. The second-order valence-electron chi connectivity index (χ2n) is 9.08. The molecule has 0 aliphatic rings. The van der Waals surface area contributed by atoms with E-state index in [-0.39, 0.29) is 50.9 Å². The molecule has 3 rings (SSSR count). The molecule has 0 saturated carbocycles. The maximum atomic E-state index is 13.9. The molecule has 0 unspecified atom stereocenters. The molecule has 3 nitrogen and oxygen atoms in total. The number of rotatable bonds is 7. The number of benzene rings is 3. The van der Waals surface area contributed by atoms with Gasteiger partial charge in [-0.25, -0.2) is 8.78 Å². The van der Waals surface area contributed by atoms with Gasteiger partial charge in [-0.15, -0.1) is 0 Å². The molecule has 1 N–H and O–H groups in total. The molecule has 0 amide bonds. The van der Waals surface area contributed by atoms with Gasteiger partial charge in [-0.3, -0.25) is 4.99 Å². The van der Waals surface area contributed by atoms with Crippen LogP contribution in [0.2, 0.25) is 5.02 Å². The Morgan fingerprint density at radius 3 is 2.21 bits per heavy atom. The standard InChI is InChI=1S/C29H27ClF5NO2/c1-16-6-9-19(10-7-16)15-38-24-14-22(30)26(23(36-5)12-18(3)28(4,31)32)27(37)25(24)20-11-8-17(2)21(13-20)29(33,34)35/h6-14,37H,15H2,1-5H3/b18-12+,36-23+. The van der Waals surface area contributed by atoms with E-state index in [4.69, 9.17) is 16.3 Å². The second kappa shape index (κ2) is 11.2. The Morgan fingerprint density at radius 1 is 1.03 bits per heavy atom. The monoisotopic (exact) mass is 551 g/mol. The van der Waals surface area contributed by atoms with Crippen molar-refractivity contribution in [2.75, 3.05) is 7.05 Å². The molecule has 0 fully saturated rings. The summed E-state index contributed by atoms with van der Waals surface area (Å²) in [4.78, 5) is 4.01. The molecular formula is C29H27ClF5NO2. The molecule has 0 spiro atoms. The third kappa shape index (κ3) is 6.54. The van der Waals surface area contributed by atoms with E-state index in [9.17, 15) is 27.1 Å². The molecule has 0 aliphatic carbocycles. The molecule has 0 saturated heterocycles. The minimum atomic E-state index is -4.64. The normalized spacial score (nSPS) is 13.1. The maximum Gasteiger partial charge on any atom is 0.416 e. The van der Waals surface area contributed by atoms with Crippen LogP contribution in [0.4, 0.5) is 22.0 Å². The van der Waals surface area contributed by atoms with Gasteiger partial charge in [0.15, 0.2) is 0 Å². The number of aliphatic imine (C=N–C) groups is 1. The van der Waals surface area contributed by atoms with Crippen LogP contribution in [0.1, 0.15) is 41.7 Å². The highest BCUT2D eigenvalue weighted by molar-refractivity contribution is 6.36. The molecule has 3 aromatic carbocycles. The van der Waals surface area contributed by atoms with E-state index in [0.29, 0.717) is 6.92 Å². The molecule has 0 heterocycles. The Morgan fingerprint density at radius 2 is 1.66 bits per heavy atom. The number of ether oxygens (including phenoxy) is 1. The number of alkyl halides is 5. The van der Waals surface area contributed by atoms with Gasteiger partial charge < -0.3 is 9.84 Å². The highest BCUT2D eigenvalue weighted by atomic mass is 35.5. The molecule has 0 bridgehead atoms.